The van der Waals surface area contributed by atoms with Crippen LogP contribution in [-0.4, -0.2) is 58.1 Å². The minimum atomic E-state index is -1.42. The average Bonchev–Trinajstić information content (AvgIpc) is 3.28. The number of nitrogens with two attached hydrogens (primary N) is 2. The largest absolute Gasteiger partial charge is 0.389 e. The van der Waals surface area contributed by atoms with Crippen LogP contribution in [0.2, 0.25) is 0 Å². The van der Waals surface area contributed by atoms with E-state index in [9.17, 15) is 18.7 Å². The Hall–Kier alpha value is -3.13. The fourth-order valence-corrected chi connectivity index (χ4v) is 5.40. The van der Waals surface area contributed by atoms with Crippen LogP contribution in [0.15, 0.2) is 18.3 Å². The van der Waals surface area contributed by atoms with E-state index in [1.54, 1.807) is 11.7 Å². The monoisotopic (exact) mass is 519 g/mol. The Labute approximate surface area is 209 Å². The van der Waals surface area contributed by atoms with Gasteiger partial charge in [0.1, 0.15) is 32.9 Å². The number of hydrogen-bond donors (Lipinski definition) is 4. The molecule has 1 aromatic carbocycles. The Kier molecular flexibility index (Phi) is 6.41. The van der Waals surface area contributed by atoms with Gasteiger partial charge in [0.05, 0.1) is 25.0 Å². The summed E-state index contributed by atoms with van der Waals surface area (Å²) >= 11 is 0.802. The van der Waals surface area contributed by atoms with Crippen LogP contribution in [0.5, 0.6) is 0 Å². The molecule has 2 aliphatic rings. The Morgan fingerprint density at radius 3 is 2.67 bits per heavy atom. The summed E-state index contributed by atoms with van der Waals surface area (Å²) in [5.41, 5.74) is 10.7. The van der Waals surface area contributed by atoms with Gasteiger partial charge in [-0.05, 0) is 37.0 Å². The van der Waals surface area contributed by atoms with Crippen LogP contribution in [0.1, 0.15) is 35.3 Å². The SMILES string of the molecule is Cn1ncc(NC(=O)c2nc(-c3c(F)cc(C4(O)COC4)cc3F)sc2N)c1N1CCC[C@@H](N)CC1. The van der Waals surface area contributed by atoms with Crippen molar-refractivity contribution in [3.8, 4) is 10.6 Å². The van der Waals surface area contributed by atoms with Gasteiger partial charge < -0.3 is 31.5 Å². The third-order valence-corrected chi connectivity index (χ3v) is 7.47. The highest BCUT2D eigenvalue weighted by Crippen LogP contribution is 2.38. The summed E-state index contributed by atoms with van der Waals surface area (Å²) in [5, 5.41) is 17.3. The molecule has 5 rings (SSSR count). The number of ether oxygens (including phenoxy) is 1. The molecule has 1 amide bonds. The lowest BCUT2D eigenvalue weighted by molar-refractivity contribution is -0.184. The Bertz CT molecular complexity index is 1280. The molecule has 13 heteroatoms. The lowest BCUT2D eigenvalue weighted by Crippen LogP contribution is -2.46. The number of carbonyl (C=O) groups is 1. The van der Waals surface area contributed by atoms with Gasteiger partial charge in [-0.3, -0.25) is 9.48 Å². The molecule has 2 aliphatic heterocycles. The first-order valence-corrected chi connectivity index (χ1v) is 12.4. The van der Waals surface area contributed by atoms with E-state index in [-0.39, 0.29) is 40.5 Å². The van der Waals surface area contributed by atoms with Gasteiger partial charge >= 0.3 is 0 Å². The van der Waals surface area contributed by atoms with Gasteiger partial charge in [0, 0.05) is 26.2 Å². The number of hydrogen-bond acceptors (Lipinski definition) is 9. The highest BCUT2D eigenvalue weighted by Gasteiger charge is 2.39. The average molecular weight is 520 g/mol. The molecule has 4 heterocycles. The molecule has 0 bridgehead atoms. The van der Waals surface area contributed by atoms with Gasteiger partial charge in [-0.2, -0.15) is 5.10 Å². The van der Waals surface area contributed by atoms with Crippen molar-refractivity contribution in [3.05, 3.63) is 41.2 Å². The maximum Gasteiger partial charge on any atom is 0.277 e. The van der Waals surface area contributed by atoms with E-state index in [0.717, 1.165) is 61.6 Å². The van der Waals surface area contributed by atoms with Crippen molar-refractivity contribution in [1.82, 2.24) is 14.8 Å². The first-order valence-electron chi connectivity index (χ1n) is 11.6. The number of carbonyl (C=O) groups excluding carboxylic acids is 1. The number of amides is 1. The molecule has 0 saturated carbocycles. The van der Waals surface area contributed by atoms with Crippen LogP contribution in [-0.2, 0) is 17.4 Å². The number of aryl methyl sites for hydroxylation is 1. The van der Waals surface area contributed by atoms with Crippen molar-refractivity contribution in [2.24, 2.45) is 12.8 Å². The summed E-state index contributed by atoms with van der Waals surface area (Å²) in [6.07, 6.45) is 4.20. The van der Waals surface area contributed by atoms with Gasteiger partial charge in [-0.1, -0.05) is 11.3 Å². The van der Waals surface area contributed by atoms with Crippen molar-refractivity contribution >= 4 is 33.8 Å². The molecule has 192 valence electrons. The third kappa shape index (κ3) is 4.43. The molecular formula is C23H27F2N7O3S. The van der Waals surface area contributed by atoms with Crippen LogP contribution in [0.25, 0.3) is 10.6 Å². The number of aromatic nitrogens is 3. The lowest BCUT2D eigenvalue weighted by Gasteiger charge is -2.36. The first-order chi connectivity index (χ1) is 17.2. The molecule has 0 radical (unpaired) electrons. The number of aliphatic hydroxyl groups is 1. The van der Waals surface area contributed by atoms with Gasteiger partial charge in [-0.15, -0.1) is 0 Å². The number of thiazole rings is 1. The van der Waals surface area contributed by atoms with Crippen molar-refractivity contribution in [2.75, 3.05) is 42.3 Å². The first kappa shape index (κ1) is 24.6. The standard InChI is InChI=1S/C23H27F2N7O3S/c1-31-22(32-5-2-3-13(26)4-6-32)16(9-28-31)29-20(33)18-19(27)36-21(30-18)17-14(24)7-12(8-15(17)25)23(34)10-35-11-23/h7-9,13,34H,2-6,10-11,26-27H2,1H3,(H,29,33)/t13-/m1/s1. The van der Waals surface area contributed by atoms with Crippen LogP contribution in [0.3, 0.4) is 0 Å². The van der Waals surface area contributed by atoms with E-state index in [2.05, 4.69) is 20.3 Å². The summed E-state index contributed by atoms with van der Waals surface area (Å²) in [6, 6.07) is 2.23. The van der Waals surface area contributed by atoms with Crippen LogP contribution in [0.4, 0.5) is 25.3 Å². The minimum Gasteiger partial charge on any atom is -0.389 e. The number of nitrogens with one attached hydrogen (secondary N) is 1. The summed E-state index contributed by atoms with van der Waals surface area (Å²) in [5.74, 6) is -1.72. The molecular weight excluding hydrogens is 492 g/mol. The van der Waals surface area contributed by atoms with Crippen LogP contribution >= 0.6 is 11.3 Å². The second-order valence-corrected chi connectivity index (χ2v) is 10.2. The lowest BCUT2D eigenvalue weighted by atomic mass is 9.91. The topological polar surface area (TPSA) is 145 Å². The van der Waals surface area contributed by atoms with Crippen LogP contribution in [0, 0.1) is 11.6 Å². The molecule has 3 aromatic rings. The van der Waals surface area contributed by atoms with E-state index < -0.39 is 28.7 Å². The van der Waals surface area contributed by atoms with E-state index in [0.29, 0.717) is 5.69 Å². The van der Waals surface area contributed by atoms with E-state index in [4.69, 9.17) is 16.2 Å². The maximum atomic E-state index is 14.9. The summed E-state index contributed by atoms with van der Waals surface area (Å²) in [4.78, 5) is 19.4. The predicted octanol–water partition coefficient (Wildman–Crippen LogP) is 2.19. The smallest absolute Gasteiger partial charge is 0.277 e. The summed E-state index contributed by atoms with van der Waals surface area (Å²) in [7, 11) is 1.78. The summed E-state index contributed by atoms with van der Waals surface area (Å²) < 4.78 is 36.4. The zero-order valence-corrected chi connectivity index (χ0v) is 20.4. The van der Waals surface area contributed by atoms with Gasteiger partial charge in [0.15, 0.2) is 11.5 Å². The molecule has 1 atom stereocenters. The fraction of sp³-hybridized carbons (Fsp3) is 0.435. The third-order valence-electron chi connectivity index (χ3n) is 6.57. The van der Waals surface area contributed by atoms with E-state index in [1.165, 1.54) is 6.20 Å². The zero-order chi connectivity index (χ0) is 25.6. The van der Waals surface area contributed by atoms with Crippen molar-refractivity contribution in [2.45, 2.75) is 30.9 Å². The number of anilines is 3. The molecule has 2 saturated heterocycles. The Balaban J connectivity index is 1.40. The second kappa shape index (κ2) is 9.39. The zero-order valence-electron chi connectivity index (χ0n) is 19.6. The van der Waals surface area contributed by atoms with E-state index in [1.807, 2.05) is 0 Å². The normalized spacial score (nSPS) is 19.6. The quantitative estimate of drug-likeness (QED) is 0.402. The molecule has 2 aromatic heterocycles. The Morgan fingerprint density at radius 2 is 2.00 bits per heavy atom. The van der Waals surface area contributed by atoms with Gasteiger partial charge in [0.2, 0.25) is 0 Å². The molecule has 36 heavy (non-hydrogen) atoms. The molecule has 6 N–H and O–H groups in total. The number of nitrogen functional groups attached to an aromatic ring is 1. The molecule has 10 nitrogen and oxygen atoms in total. The second-order valence-electron chi connectivity index (χ2n) is 9.21. The van der Waals surface area contributed by atoms with Crippen molar-refractivity contribution in [1.29, 1.82) is 0 Å². The van der Waals surface area contributed by atoms with Gasteiger partial charge in [0.25, 0.3) is 5.91 Å². The minimum absolute atomic E-state index is 0.0163. The number of nitrogens with zero attached hydrogens (tertiary/aromatic N) is 4. The maximum absolute atomic E-state index is 14.9. The molecule has 0 spiro atoms. The van der Waals surface area contributed by atoms with Crippen molar-refractivity contribution < 1.29 is 23.4 Å². The highest BCUT2D eigenvalue weighted by molar-refractivity contribution is 7.19. The highest BCUT2D eigenvalue weighted by atomic mass is 32.1. The summed E-state index contributed by atoms with van der Waals surface area (Å²) in [6.45, 7) is 1.41. The number of benzene rings is 1. The predicted molar refractivity (Wildman–Crippen MR) is 132 cm³/mol. The number of halogens is 2. The van der Waals surface area contributed by atoms with Gasteiger partial charge in [-0.25, -0.2) is 13.8 Å². The Morgan fingerprint density at radius 1 is 1.28 bits per heavy atom. The van der Waals surface area contributed by atoms with E-state index >= 15 is 0 Å². The number of rotatable bonds is 5. The molecule has 2 fully saturated rings. The van der Waals surface area contributed by atoms with Crippen LogP contribution < -0.4 is 21.7 Å². The molecule has 0 aliphatic carbocycles. The molecule has 0 unspecified atom stereocenters. The van der Waals surface area contributed by atoms with Crippen molar-refractivity contribution in [3.63, 3.8) is 0 Å². The fourth-order valence-electron chi connectivity index (χ4n) is 4.52.